The van der Waals surface area contributed by atoms with Crippen molar-refractivity contribution >= 4 is 0 Å². The van der Waals surface area contributed by atoms with Crippen molar-refractivity contribution in [3.05, 3.63) is 12.7 Å². The van der Waals surface area contributed by atoms with Gasteiger partial charge in [-0.1, -0.05) is 12.5 Å². The van der Waals surface area contributed by atoms with E-state index in [4.69, 9.17) is 5.73 Å². The Hall–Kier alpha value is -0.340. The first-order chi connectivity index (χ1) is 6.27. The van der Waals surface area contributed by atoms with Gasteiger partial charge in [0.05, 0.1) is 0 Å². The molecule has 1 fully saturated rings. The smallest absolute Gasteiger partial charge is 0.0157 e. The van der Waals surface area contributed by atoms with Gasteiger partial charge in [-0.2, -0.15) is 0 Å². The molecule has 0 heterocycles. The van der Waals surface area contributed by atoms with Crippen molar-refractivity contribution in [3.8, 4) is 0 Å². The molecule has 13 heavy (non-hydrogen) atoms. The van der Waals surface area contributed by atoms with Gasteiger partial charge >= 0.3 is 0 Å². The van der Waals surface area contributed by atoms with Gasteiger partial charge in [0.1, 0.15) is 0 Å². The largest absolute Gasteiger partial charge is 0.330 e. The van der Waals surface area contributed by atoms with E-state index in [1.807, 2.05) is 6.08 Å². The van der Waals surface area contributed by atoms with Crippen LogP contribution in [0.15, 0.2) is 12.7 Å². The molecule has 1 aliphatic rings. The minimum atomic E-state index is 0.771. The van der Waals surface area contributed by atoms with Crippen molar-refractivity contribution in [1.29, 1.82) is 0 Å². The lowest BCUT2D eigenvalue weighted by Crippen LogP contribution is -2.30. The Kier molecular flexibility index (Phi) is 4.46. The average molecular weight is 182 g/mol. The quantitative estimate of drug-likeness (QED) is 0.653. The summed E-state index contributed by atoms with van der Waals surface area (Å²) in [5.74, 6) is 1.60. The third-order valence-electron chi connectivity index (χ3n) is 3.11. The zero-order valence-corrected chi connectivity index (χ0v) is 8.71. The summed E-state index contributed by atoms with van der Waals surface area (Å²) in [6, 6.07) is 0. The van der Waals surface area contributed by atoms with Crippen LogP contribution in [-0.2, 0) is 0 Å². The van der Waals surface area contributed by atoms with Gasteiger partial charge in [-0.05, 0) is 38.3 Å². The van der Waals surface area contributed by atoms with Gasteiger partial charge in [0.25, 0.3) is 0 Å². The third-order valence-corrected chi connectivity index (χ3v) is 3.11. The highest BCUT2D eigenvalue weighted by Gasteiger charge is 2.26. The van der Waals surface area contributed by atoms with E-state index in [0.717, 1.165) is 24.9 Å². The molecule has 2 unspecified atom stereocenters. The van der Waals surface area contributed by atoms with E-state index in [2.05, 4.69) is 18.5 Å². The second-order valence-electron chi connectivity index (χ2n) is 4.20. The molecule has 2 atom stereocenters. The molecule has 1 aliphatic carbocycles. The lowest BCUT2D eigenvalue weighted by Gasteiger charge is -2.23. The van der Waals surface area contributed by atoms with Crippen LogP contribution in [0.25, 0.3) is 0 Å². The van der Waals surface area contributed by atoms with Crippen molar-refractivity contribution < 1.29 is 0 Å². The van der Waals surface area contributed by atoms with E-state index in [1.165, 1.54) is 25.8 Å². The highest BCUT2D eigenvalue weighted by molar-refractivity contribution is 4.81. The maximum Gasteiger partial charge on any atom is 0.0157 e. The van der Waals surface area contributed by atoms with Crippen LogP contribution in [0.5, 0.6) is 0 Å². The van der Waals surface area contributed by atoms with Crippen molar-refractivity contribution in [1.82, 2.24) is 4.90 Å². The molecule has 0 bridgehead atoms. The summed E-state index contributed by atoms with van der Waals surface area (Å²) in [5, 5.41) is 0. The number of rotatable bonds is 5. The number of nitrogens with zero attached hydrogens (tertiary/aromatic N) is 1. The van der Waals surface area contributed by atoms with Gasteiger partial charge < -0.3 is 10.6 Å². The monoisotopic (exact) mass is 182 g/mol. The minimum absolute atomic E-state index is 0.771. The van der Waals surface area contributed by atoms with E-state index < -0.39 is 0 Å². The number of hydrogen-bond acceptors (Lipinski definition) is 2. The SMILES string of the molecule is C=CCN(C)CC1CCCC1CN. The predicted octanol–water partition coefficient (Wildman–Crippen LogP) is 1.48. The molecular formula is C11H22N2. The van der Waals surface area contributed by atoms with Crippen LogP contribution in [-0.4, -0.2) is 31.6 Å². The van der Waals surface area contributed by atoms with Gasteiger partial charge in [-0.15, -0.1) is 6.58 Å². The zero-order chi connectivity index (χ0) is 9.68. The molecule has 0 spiro atoms. The zero-order valence-electron chi connectivity index (χ0n) is 8.71. The van der Waals surface area contributed by atoms with Crippen LogP contribution < -0.4 is 5.73 Å². The topological polar surface area (TPSA) is 29.3 Å². The molecule has 1 rings (SSSR count). The Morgan fingerprint density at radius 1 is 1.46 bits per heavy atom. The molecule has 76 valence electrons. The molecule has 2 N–H and O–H groups in total. The Labute approximate surface area is 81.8 Å². The van der Waals surface area contributed by atoms with E-state index >= 15 is 0 Å². The van der Waals surface area contributed by atoms with Crippen LogP contribution in [0, 0.1) is 11.8 Å². The summed E-state index contributed by atoms with van der Waals surface area (Å²) < 4.78 is 0. The molecule has 0 aromatic carbocycles. The van der Waals surface area contributed by atoms with Gasteiger partial charge in [-0.25, -0.2) is 0 Å². The van der Waals surface area contributed by atoms with Crippen molar-refractivity contribution in [2.24, 2.45) is 17.6 Å². The summed E-state index contributed by atoms with van der Waals surface area (Å²) in [5.41, 5.74) is 5.74. The molecule has 0 saturated heterocycles. The van der Waals surface area contributed by atoms with Crippen molar-refractivity contribution in [2.75, 3.05) is 26.7 Å². The highest BCUT2D eigenvalue weighted by Crippen LogP contribution is 2.31. The van der Waals surface area contributed by atoms with E-state index in [9.17, 15) is 0 Å². The summed E-state index contributed by atoms with van der Waals surface area (Å²) in [7, 11) is 2.16. The van der Waals surface area contributed by atoms with Gasteiger partial charge in [0, 0.05) is 13.1 Å². The first-order valence-electron chi connectivity index (χ1n) is 5.27. The van der Waals surface area contributed by atoms with Gasteiger partial charge in [-0.3, -0.25) is 0 Å². The summed E-state index contributed by atoms with van der Waals surface area (Å²) in [6.07, 6.45) is 6.04. The van der Waals surface area contributed by atoms with Crippen LogP contribution in [0.3, 0.4) is 0 Å². The fourth-order valence-electron chi connectivity index (χ4n) is 2.36. The van der Waals surface area contributed by atoms with Crippen LogP contribution >= 0.6 is 0 Å². The maximum absolute atomic E-state index is 5.74. The number of hydrogen-bond donors (Lipinski definition) is 1. The summed E-state index contributed by atoms with van der Waals surface area (Å²) in [6.45, 7) is 6.80. The molecule has 2 nitrogen and oxygen atoms in total. The summed E-state index contributed by atoms with van der Waals surface area (Å²) in [4.78, 5) is 2.34. The predicted molar refractivity (Wildman–Crippen MR) is 57.6 cm³/mol. The standard InChI is InChI=1S/C11H22N2/c1-3-7-13(2)9-11-6-4-5-10(11)8-12/h3,10-11H,1,4-9,12H2,2H3. The summed E-state index contributed by atoms with van der Waals surface area (Å²) >= 11 is 0. The molecule has 0 amide bonds. The Balaban J connectivity index is 2.30. The second-order valence-corrected chi connectivity index (χ2v) is 4.20. The Morgan fingerprint density at radius 3 is 2.77 bits per heavy atom. The normalized spacial score (nSPS) is 28.2. The Morgan fingerprint density at radius 2 is 2.15 bits per heavy atom. The van der Waals surface area contributed by atoms with Crippen LogP contribution in [0.1, 0.15) is 19.3 Å². The van der Waals surface area contributed by atoms with Gasteiger partial charge in [0.2, 0.25) is 0 Å². The van der Waals surface area contributed by atoms with E-state index in [-0.39, 0.29) is 0 Å². The third kappa shape index (κ3) is 3.12. The van der Waals surface area contributed by atoms with E-state index in [1.54, 1.807) is 0 Å². The molecule has 0 radical (unpaired) electrons. The van der Waals surface area contributed by atoms with Crippen molar-refractivity contribution in [3.63, 3.8) is 0 Å². The van der Waals surface area contributed by atoms with Crippen LogP contribution in [0.4, 0.5) is 0 Å². The lowest BCUT2D eigenvalue weighted by atomic mass is 9.96. The number of likely N-dealkylation sites (N-methyl/N-ethyl adjacent to an activating group) is 1. The molecule has 1 saturated carbocycles. The minimum Gasteiger partial charge on any atom is -0.330 e. The van der Waals surface area contributed by atoms with E-state index in [0.29, 0.717) is 0 Å². The molecule has 0 aromatic heterocycles. The molecular weight excluding hydrogens is 160 g/mol. The maximum atomic E-state index is 5.74. The fraction of sp³-hybridized carbons (Fsp3) is 0.818. The highest BCUT2D eigenvalue weighted by atomic mass is 15.1. The van der Waals surface area contributed by atoms with Crippen molar-refractivity contribution in [2.45, 2.75) is 19.3 Å². The molecule has 0 aromatic rings. The lowest BCUT2D eigenvalue weighted by molar-refractivity contribution is 0.260. The molecule has 2 heteroatoms. The first-order valence-corrected chi connectivity index (χ1v) is 5.27. The second kappa shape index (κ2) is 5.40. The number of nitrogens with two attached hydrogens (primary N) is 1. The Bertz CT molecular complexity index is 156. The van der Waals surface area contributed by atoms with Gasteiger partial charge in [0.15, 0.2) is 0 Å². The van der Waals surface area contributed by atoms with Crippen LogP contribution in [0.2, 0.25) is 0 Å². The average Bonchev–Trinajstić information content (AvgIpc) is 2.52. The fourth-order valence-corrected chi connectivity index (χ4v) is 2.36. The molecule has 0 aliphatic heterocycles. The first kappa shape index (κ1) is 10.7.